The maximum absolute atomic E-state index is 2.66. The molecule has 12 aromatic carbocycles. The average molecular weight is 1520 g/mol. The first kappa shape index (κ1) is 77.7. The molecule has 0 saturated carbocycles. The van der Waals surface area contributed by atoms with E-state index in [1.54, 1.807) is 22.3 Å². The monoisotopic (exact) mass is 1520 g/mol. The number of hydrogen-bond donors (Lipinski definition) is 0. The van der Waals surface area contributed by atoms with Crippen molar-refractivity contribution in [1.29, 1.82) is 0 Å². The number of benzene rings is 12. The van der Waals surface area contributed by atoms with E-state index in [0.717, 1.165) is 0 Å². The molecule has 1 aromatic heterocycles. The van der Waals surface area contributed by atoms with Crippen LogP contribution in [0.3, 0.4) is 0 Å². The van der Waals surface area contributed by atoms with Crippen molar-refractivity contribution in [3.05, 3.63) is 286 Å². The van der Waals surface area contributed by atoms with E-state index >= 15 is 0 Å². The Balaban J connectivity index is 0.693. The summed E-state index contributed by atoms with van der Waals surface area (Å²) in [5.41, 5.74) is 43.9. The van der Waals surface area contributed by atoms with Crippen LogP contribution in [-0.4, -0.2) is 11.3 Å². The zero-order valence-electron chi connectivity index (χ0n) is 71.8. The molecule has 588 valence electrons. The van der Waals surface area contributed by atoms with Gasteiger partial charge in [0.2, 0.25) is 6.71 Å². The summed E-state index contributed by atoms with van der Waals surface area (Å²) in [6.45, 7) is 23.9. The van der Waals surface area contributed by atoms with Gasteiger partial charge in [-0.2, -0.15) is 0 Å². The van der Waals surface area contributed by atoms with Crippen LogP contribution >= 0.6 is 0 Å². The molecule has 2 heterocycles. The maximum atomic E-state index is 2.66. The van der Waals surface area contributed by atoms with Gasteiger partial charge in [-0.15, -0.1) is 0 Å². The molecule has 0 fully saturated rings. The van der Waals surface area contributed by atoms with Crippen LogP contribution in [0.4, 0.5) is 0 Å². The minimum atomic E-state index is -0.233. The summed E-state index contributed by atoms with van der Waals surface area (Å²) >= 11 is 0. The van der Waals surface area contributed by atoms with Gasteiger partial charge in [-0.3, -0.25) is 0 Å². The SMILES string of the molecule is CCCCCCCCC1(CCCCCCCC)c2ccccc2-c2ccc(-c3ccc4c(c3)C(C)(C)c3cc(-c5ccc6c(c5)c5cc(-c7ccc8c(c7)C(C)(C)c7cc(-c9ccc%10c(c9)C(CCCCCCCC)(CCCCCCCC)c9ccccc9-%10)ccc7-8)cc7c5n6-c5ccccc5B7c5ccc(C)cc5C)ccc3-4)cc21. The van der Waals surface area contributed by atoms with Crippen molar-refractivity contribution in [2.75, 3.05) is 0 Å². The van der Waals surface area contributed by atoms with E-state index in [1.165, 1.54) is 346 Å². The standard InChI is InChI=1S/C114H124BN/c1-11-15-19-23-27-37-63-113(64-38-28-24-20-16-12-2)97-43-33-31-41-87(97)93-59-51-83(74-103(93)113)81-49-56-90-89-55-48-80(70-99(89)111(7,8)100(90)71-81)79-54-62-108-95(68-79)96-69-86(76-107-110(96)116(108)109-46-36-35-45-106(109)115(107)105-61-47-77(5)67-78(105)6)85-53-58-92-91-57-50-82(72-101(91)112(9,10)102(92)73-85)84-52-60-94-88-42-32-34-44-98(88)114(104(94)75-84,65-39-29-25-21-17-13-3)66-40-30-26-22-18-14-4/h31-36,41-62,67-76H,11-30,37-40,63-66H2,1-10H3. The van der Waals surface area contributed by atoms with Gasteiger partial charge in [-0.25, -0.2) is 0 Å². The van der Waals surface area contributed by atoms with E-state index in [-0.39, 0.29) is 28.4 Å². The summed E-state index contributed by atoms with van der Waals surface area (Å²) in [5, 5.41) is 2.61. The third-order valence-corrected chi connectivity index (χ3v) is 29.5. The lowest BCUT2D eigenvalue weighted by atomic mass is 9.34. The fourth-order valence-corrected chi connectivity index (χ4v) is 23.2. The fourth-order valence-electron chi connectivity index (χ4n) is 23.2. The van der Waals surface area contributed by atoms with Crippen molar-refractivity contribution in [3.63, 3.8) is 0 Å². The second-order valence-corrected chi connectivity index (χ2v) is 37.5. The number of nitrogens with zero attached hydrogens (tertiary/aromatic N) is 1. The molecule has 0 saturated heterocycles. The van der Waals surface area contributed by atoms with Gasteiger partial charge >= 0.3 is 0 Å². The molecule has 1 nitrogen and oxygen atoms in total. The van der Waals surface area contributed by atoms with Crippen LogP contribution in [-0.2, 0) is 21.7 Å². The van der Waals surface area contributed by atoms with Crippen LogP contribution in [0.1, 0.15) is 291 Å². The number of hydrogen-bond acceptors (Lipinski definition) is 0. The first-order valence-corrected chi connectivity index (χ1v) is 46.1. The number of unbranched alkanes of at least 4 members (excludes halogenated alkanes) is 20. The molecule has 5 aliphatic rings. The van der Waals surface area contributed by atoms with E-state index in [0.29, 0.717) is 0 Å². The Morgan fingerprint density at radius 3 is 1.02 bits per heavy atom. The van der Waals surface area contributed by atoms with Gasteiger partial charge in [0.25, 0.3) is 0 Å². The summed E-state index contributed by atoms with van der Waals surface area (Å²) in [5.74, 6) is 0. The highest BCUT2D eigenvalue weighted by Gasteiger charge is 2.46. The molecule has 0 spiro atoms. The highest BCUT2D eigenvalue weighted by Crippen LogP contribution is 2.59. The lowest BCUT2D eigenvalue weighted by Gasteiger charge is -2.33. The number of rotatable bonds is 33. The first-order valence-electron chi connectivity index (χ1n) is 46.1. The predicted octanol–water partition coefficient (Wildman–Crippen LogP) is 31.0. The van der Waals surface area contributed by atoms with Gasteiger partial charge in [0.15, 0.2) is 0 Å². The smallest absolute Gasteiger partial charge is 0.247 e. The third-order valence-electron chi connectivity index (χ3n) is 29.5. The molecular weight excluding hydrogens is 1390 g/mol. The van der Waals surface area contributed by atoms with Crippen molar-refractivity contribution in [2.45, 2.75) is 271 Å². The quantitative estimate of drug-likeness (QED) is 0.0285. The summed E-state index contributed by atoms with van der Waals surface area (Å²) in [7, 11) is 0. The van der Waals surface area contributed by atoms with Crippen molar-refractivity contribution < 1.29 is 0 Å². The average Bonchev–Trinajstić information content (AvgIpc) is 1.47. The molecule has 0 unspecified atom stereocenters. The molecule has 0 atom stereocenters. The molecule has 18 rings (SSSR count). The van der Waals surface area contributed by atoms with Gasteiger partial charge in [0.1, 0.15) is 0 Å². The van der Waals surface area contributed by atoms with Gasteiger partial charge in [-0.05, 0) is 245 Å². The van der Waals surface area contributed by atoms with Crippen LogP contribution in [0, 0.1) is 13.8 Å². The Kier molecular flexibility index (Phi) is 21.7. The van der Waals surface area contributed by atoms with Gasteiger partial charge < -0.3 is 4.57 Å². The Bertz CT molecular complexity index is 5830. The van der Waals surface area contributed by atoms with Crippen molar-refractivity contribution >= 4 is 44.9 Å². The van der Waals surface area contributed by atoms with E-state index < -0.39 is 0 Å². The van der Waals surface area contributed by atoms with Crippen molar-refractivity contribution in [2.24, 2.45) is 0 Å². The van der Waals surface area contributed by atoms with Crippen LogP contribution < -0.4 is 16.4 Å². The molecular formula is C114H124BN. The maximum Gasteiger partial charge on any atom is 0.247 e. The molecule has 2 heteroatoms. The number of aromatic nitrogens is 1. The first-order chi connectivity index (χ1) is 56.7. The summed E-state index contributed by atoms with van der Waals surface area (Å²) in [4.78, 5) is 0. The lowest BCUT2D eigenvalue weighted by molar-refractivity contribution is 0.398. The minimum absolute atomic E-state index is 0.0366. The molecule has 0 N–H and O–H groups in total. The Morgan fingerprint density at radius 2 is 0.595 bits per heavy atom. The van der Waals surface area contributed by atoms with E-state index in [2.05, 4.69) is 304 Å². The Hall–Kier alpha value is -9.50. The van der Waals surface area contributed by atoms with Crippen LogP contribution in [0.25, 0.3) is 117 Å². The summed E-state index contributed by atoms with van der Waals surface area (Å²) in [6.07, 6.45) is 36.7. The minimum Gasteiger partial charge on any atom is -0.310 e. The largest absolute Gasteiger partial charge is 0.310 e. The van der Waals surface area contributed by atoms with Crippen LogP contribution in [0.5, 0.6) is 0 Å². The molecule has 13 aromatic rings. The number of para-hydroxylation sites is 1. The fraction of sp³-hybridized carbons (Fsp3) is 0.368. The second-order valence-electron chi connectivity index (χ2n) is 37.5. The highest BCUT2D eigenvalue weighted by atomic mass is 15.0. The lowest BCUT2D eigenvalue weighted by Crippen LogP contribution is -2.56. The topological polar surface area (TPSA) is 4.93 Å². The van der Waals surface area contributed by atoms with Gasteiger partial charge in [0, 0.05) is 43.6 Å². The van der Waals surface area contributed by atoms with Crippen molar-refractivity contribution in [3.8, 4) is 94.7 Å². The number of fused-ring (bicyclic) bond motifs is 17. The van der Waals surface area contributed by atoms with E-state index in [4.69, 9.17) is 0 Å². The Labute approximate surface area is 696 Å². The molecule has 0 bridgehead atoms. The van der Waals surface area contributed by atoms with Crippen LogP contribution in [0.15, 0.2) is 231 Å². The van der Waals surface area contributed by atoms with E-state index in [1.807, 2.05) is 0 Å². The second kappa shape index (κ2) is 32.4. The van der Waals surface area contributed by atoms with E-state index in [9.17, 15) is 0 Å². The Morgan fingerprint density at radius 1 is 0.259 bits per heavy atom. The molecule has 4 aliphatic carbocycles. The van der Waals surface area contributed by atoms with Gasteiger partial charge in [-0.1, -0.05) is 396 Å². The zero-order valence-corrected chi connectivity index (χ0v) is 71.8. The molecule has 116 heavy (non-hydrogen) atoms. The number of aryl methyl sites for hydroxylation is 2. The summed E-state index contributed by atoms with van der Waals surface area (Å²) < 4.78 is 2.62. The van der Waals surface area contributed by atoms with Crippen LogP contribution in [0.2, 0.25) is 0 Å². The predicted molar refractivity (Wildman–Crippen MR) is 503 cm³/mol. The molecule has 1 aliphatic heterocycles. The molecule has 0 amide bonds. The zero-order chi connectivity index (χ0) is 79.5. The highest BCUT2D eigenvalue weighted by molar-refractivity contribution is 6.98. The van der Waals surface area contributed by atoms with Crippen molar-refractivity contribution in [1.82, 2.24) is 4.57 Å². The molecule has 0 radical (unpaired) electrons. The third kappa shape index (κ3) is 13.5. The summed E-state index contributed by atoms with van der Waals surface area (Å²) in [6, 6.07) is 93.2. The van der Waals surface area contributed by atoms with Gasteiger partial charge in [0.05, 0.1) is 5.52 Å². The normalized spacial score (nSPS) is 14.8.